The number of ketones is 2. The van der Waals surface area contributed by atoms with Crippen LogP contribution in [-0.4, -0.2) is 49.3 Å². The van der Waals surface area contributed by atoms with E-state index in [9.17, 15) is 19.2 Å². The number of hydrogen-bond donors (Lipinski definition) is 2. The number of esters is 1. The van der Waals surface area contributed by atoms with Crippen molar-refractivity contribution >= 4 is 29.1 Å². The number of nitrogens with two attached hydrogens (primary N) is 1. The summed E-state index contributed by atoms with van der Waals surface area (Å²) in [7, 11) is 0. The lowest BCUT2D eigenvalue weighted by molar-refractivity contribution is -0.124. The summed E-state index contributed by atoms with van der Waals surface area (Å²) in [6.07, 6.45) is -0.396. The molecule has 0 bridgehead atoms. The molecule has 9 nitrogen and oxygen atoms in total. The maximum atomic E-state index is 13.0. The van der Waals surface area contributed by atoms with Crippen molar-refractivity contribution in [2.24, 2.45) is 0 Å². The van der Waals surface area contributed by atoms with Gasteiger partial charge in [0.05, 0.1) is 23.4 Å². The van der Waals surface area contributed by atoms with E-state index >= 15 is 0 Å². The van der Waals surface area contributed by atoms with E-state index in [1.54, 1.807) is 30.3 Å². The highest BCUT2D eigenvalue weighted by Crippen LogP contribution is 2.33. The minimum absolute atomic E-state index is 0.0395. The number of amides is 1. The standard InChI is InChI=1S/C26H20N2O7/c27-23-18(10-9-17-22(23)25(31)16-6-2-1-5-15(16)24(17)30)26(32)34-13-21(29)28-11-14-12-33-19-7-3-4-8-20(19)35-14/h1-10,14H,11-13,27H2,(H,28,29). The van der Waals surface area contributed by atoms with Crippen LogP contribution in [0.3, 0.4) is 0 Å². The molecule has 3 aromatic carbocycles. The summed E-state index contributed by atoms with van der Waals surface area (Å²) in [4.78, 5) is 50.5. The Balaban J connectivity index is 1.21. The van der Waals surface area contributed by atoms with Crippen LogP contribution in [0.4, 0.5) is 5.69 Å². The van der Waals surface area contributed by atoms with Gasteiger partial charge in [-0.15, -0.1) is 0 Å². The first-order chi connectivity index (χ1) is 16.9. The number of rotatable bonds is 5. The molecule has 1 aliphatic carbocycles. The molecule has 3 aromatic rings. The molecular weight excluding hydrogens is 452 g/mol. The van der Waals surface area contributed by atoms with Gasteiger partial charge >= 0.3 is 5.97 Å². The SMILES string of the molecule is Nc1c(C(=O)OCC(=O)NCC2COc3ccccc3O2)ccc2c1C(=O)c1ccccc1C2=O. The second kappa shape index (κ2) is 8.94. The summed E-state index contributed by atoms with van der Waals surface area (Å²) in [6.45, 7) is -0.143. The zero-order chi connectivity index (χ0) is 24.5. The van der Waals surface area contributed by atoms with Crippen LogP contribution in [0.5, 0.6) is 11.5 Å². The average Bonchev–Trinajstić information content (AvgIpc) is 2.89. The van der Waals surface area contributed by atoms with Crippen molar-refractivity contribution < 1.29 is 33.4 Å². The molecule has 1 unspecified atom stereocenters. The third-order valence-electron chi connectivity index (χ3n) is 5.78. The molecule has 1 amide bonds. The zero-order valence-corrected chi connectivity index (χ0v) is 18.4. The minimum atomic E-state index is -0.884. The minimum Gasteiger partial charge on any atom is -0.486 e. The number of nitrogens with one attached hydrogen (secondary N) is 1. The second-order valence-corrected chi connectivity index (χ2v) is 8.03. The van der Waals surface area contributed by atoms with Crippen LogP contribution in [0.15, 0.2) is 60.7 Å². The van der Waals surface area contributed by atoms with Gasteiger partial charge in [0.2, 0.25) is 0 Å². The molecule has 35 heavy (non-hydrogen) atoms. The number of fused-ring (bicyclic) bond motifs is 3. The van der Waals surface area contributed by atoms with Crippen molar-refractivity contribution in [3.05, 3.63) is 88.5 Å². The van der Waals surface area contributed by atoms with Gasteiger partial charge in [-0.25, -0.2) is 4.79 Å². The van der Waals surface area contributed by atoms with E-state index in [1.807, 2.05) is 12.1 Å². The van der Waals surface area contributed by atoms with Crippen LogP contribution in [0.1, 0.15) is 42.2 Å². The number of para-hydroxylation sites is 2. The molecule has 0 fully saturated rings. The second-order valence-electron chi connectivity index (χ2n) is 8.03. The van der Waals surface area contributed by atoms with Gasteiger partial charge in [0.25, 0.3) is 5.91 Å². The van der Waals surface area contributed by atoms with Crippen LogP contribution in [-0.2, 0) is 9.53 Å². The predicted molar refractivity (Wildman–Crippen MR) is 124 cm³/mol. The van der Waals surface area contributed by atoms with E-state index in [1.165, 1.54) is 18.2 Å². The largest absolute Gasteiger partial charge is 0.486 e. The molecule has 1 heterocycles. The fourth-order valence-corrected chi connectivity index (χ4v) is 4.04. The molecule has 3 N–H and O–H groups in total. The van der Waals surface area contributed by atoms with Crippen molar-refractivity contribution in [2.75, 3.05) is 25.5 Å². The first-order valence-electron chi connectivity index (χ1n) is 10.9. The average molecular weight is 472 g/mol. The summed E-state index contributed by atoms with van der Waals surface area (Å²) < 4.78 is 16.5. The van der Waals surface area contributed by atoms with Crippen LogP contribution < -0.4 is 20.5 Å². The van der Waals surface area contributed by atoms with E-state index in [0.717, 1.165) is 0 Å². The first kappa shape index (κ1) is 22.1. The highest BCUT2D eigenvalue weighted by Gasteiger charge is 2.33. The molecule has 5 rings (SSSR count). The van der Waals surface area contributed by atoms with E-state index < -0.39 is 30.4 Å². The molecule has 0 saturated carbocycles. The first-order valence-corrected chi connectivity index (χ1v) is 10.9. The third-order valence-corrected chi connectivity index (χ3v) is 5.78. The van der Waals surface area contributed by atoms with Crippen molar-refractivity contribution in [1.29, 1.82) is 0 Å². The van der Waals surface area contributed by atoms with Crippen LogP contribution in [0.25, 0.3) is 0 Å². The summed E-state index contributed by atoms with van der Waals surface area (Å²) in [5, 5.41) is 2.63. The van der Waals surface area contributed by atoms with Crippen LogP contribution in [0, 0.1) is 0 Å². The highest BCUT2D eigenvalue weighted by atomic mass is 16.6. The Morgan fingerprint density at radius 1 is 0.914 bits per heavy atom. The lowest BCUT2D eigenvalue weighted by atomic mass is 9.82. The molecule has 176 valence electrons. The number of benzene rings is 3. The van der Waals surface area contributed by atoms with Gasteiger partial charge in [-0.05, 0) is 24.3 Å². The van der Waals surface area contributed by atoms with Crippen molar-refractivity contribution in [3.63, 3.8) is 0 Å². The number of hydrogen-bond acceptors (Lipinski definition) is 8. The smallest absolute Gasteiger partial charge is 0.340 e. The highest BCUT2D eigenvalue weighted by molar-refractivity contribution is 6.30. The summed E-state index contributed by atoms with van der Waals surface area (Å²) in [5.74, 6) is -1.00. The van der Waals surface area contributed by atoms with E-state index in [0.29, 0.717) is 11.5 Å². The van der Waals surface area contributed by atoms with Gasteiger partial charge in [-0.1, -0.05) is 36.4 Å². The lowest BCUT2D eigenvalue weighted by Gasteiger charge is -2.26. The topological polar surface area (TPSA) is 134 Å². The summed E-state index contributed by atoms with van der Waals surface area (Å²) in [5.41, 5.74) is 6.44. The van der Waals surface area contributed by atoms with Gasteiger partial charge < -0.3 is 25.3 Å². The quantitative estimate of drug-likeness (QED) is 0.333. The maximum absolute atomic E-state index is 13.0. The van der Waals surface area contributed by atoms with E-state index in [2.05, 4.69) is 5.32 Å². The molecule has 1 atom stereocenters. The number of nitrogen functional groups attached to an aromatic ring is 1. The van der Waals surface area contributed by atoms with Crippen molar-refractivity contribution in [3.8, 4) is 11.5 Å². The van der Waals surface area contributed by atoms with Gasteiger partial charge in [-0.2, -0.15) is 0 Å². The van der Waals surface area contributed by atoms with Crippen molar-refractivity contribution in [1.82, 2.24) is 5.32 Å². The Kier molecular flexibility index (Phi) is 5.66. The normalized spacial score (nSPS) is 15.6. The molecule has 1 aliphatic heterocycles. The Bertz CT molecular complexity index is 1380. The molecule has 2 aliphatic rings. The summed E-state index contributed by atoms with van der Waals surface area (Å²) in [6, 6.07) is 16.3. The molecule has 0 spiro atoms. The van der Waals surface area contributed by atoms with E-state index in [-0.39, 0.29) is 52.4 Å². The molecule has 0 aromatic heterocycles. The number of carbonyl (C=O) groups is 4. The fraction of sp³-hybridized carbons (Fsp3) is 0.154. The van der Waals surface area contributed by atoms with Gasteiger partial charge in [0.15, 0.2) is 29.7 Å². The van der Waals surface area contributed by atoms with Crippen molar-refractivity contribution in [2.45, 2.75) is 6.10 Å². The lowest BCUT2D eigenvalue weighted by Crippen LogP contribution is -2.42. The van der Waals surface area contributed by atoms with Crippen LogP contribution in [0.2, 0.25) is 0 Å². The monoisotopic (exact) mass is 472 g/mol. The zero-order valence-electron chi connectivity index (χ0n) is 18.4. The van der Waals surface area contributed by atoms with Gasteiger partial charge in [0.1, 0.15) is 12.7 Å². The number of carbonyl (C=O) groups excluding carboxylic acids is 4. The number of anilines is 1. The molecule has 0 radical (unpaired) electrons. The Morgan fingerprint density at radius 2 is 1.60 bits per heavy atom. The van der Waals surface area contributed by atoms with E-state index in [4.69, 9.17) is 19.9 Å². The Morgan fingerprint density at radius 3 is 2.37 bits per heavy atom. The molecule has 9 heteroatoms. The van der Waals surface area contributed by atoms with Gasteiger partial charge in [0, 0.05) is 16.7 Å². The van der Waals surface area contributed by atoms with Crippen LogP contribution >= 0.6 is 0 Å². The Labute approximate surface area is 199 Å². The van der Waals surface area contributed by atoms with Gasteiger partial charge in [-0.3, -0.25) is 14.4 Å². The molecule has 0 saturated heterocycles. The molecular formula is C26H20N2O7. The maximum Gasteiger partial charge on any atom is 0.340 e. The Hall–Kier alpha value is -4.66. The predicted octanol–water partition coefficient (Wildman–Crippen LogP) is 2.16. The fourth-order valence-electron chi connectivity index (χ4n) is 4.04. The summed E-state index contributed by atoms with van der Waals surface area (Å²) >= 11 is 0. The third kappa shape index (κ3) is 4.08. The number of ether oxygens (including phenoxy) is 3.